The molecule has 1 amide bonds. The van der Waals surface area contributed by atoms with Crippen molar-refractivity contribution in [1.82, 2.24) is 20.1 Å². The molecule has 0 aromatic heterocycles. The molecule has 0 spiro atoms. The summed E-state index contributed by atoms with van der Waals surface area (Å²) in [5.74, 6) is -1.42. The Kier molecular flexibility index (Phi) is 8.56. The topological polar surface area (TPSA) is 111 Å². The van der Waals surface area contributed by atoms with Gasteiger partial charge in [-0.05, 0) is 45.4 Å². The molecule has 9 nitrogen and oxygen atoms in total. The maximum Gasteiger partial charge on any atom is 0.306 e. The van der Waals surface area contributed by atoms with E-state index in [-0.39, 0.29) is 32.5 Å². The van der Waals surface area contributed by atoms with Gasteiger partial charge in [0.05, 0.1) is 30.8 Å². The Labute approximate surface area is 208 Å². The number of hydrazine groups is 1. The number of nitrogens with zero attached hydrogens (tertiary/aromatic N) is 2. The van der Waals surface area contributed by atoms with Crippen LogP contribution in [0.1, 0.15) is 45.4 Å². The number of carbonyl (C=O) groups excluding carboxylic acids is 1. The van der Waals surface area contributed by atoms with E-state index in [0.29, 0.717) is 30.7 Å². The Bertz CT molecular complexity index is 864. The molecule has 4 fully saturated rings. The van der Waals surface area contributed by atoms with Crippen LogP contribution in [0.25, 0.3) is 0 Å². The van der Waals surface area contributed by atoms with Gasteiger partial charge >= 0.3 is 6.55 Å². The van der Waals surface area contributed by atoms with E-state index in [1.54, 1.807) is 0 Å². The standard InChI is InChI=1S/C21H34ClF3N4O5S/c1-11-18(9-28(27-11)21(24)25)35(32,33)29-8-13(10-30)34-17-6-5-12(7-16(17)29)26-20(31)19-14(22)3-2-4-15(19)23/h11-19,21,27,30H,2-10H2,1H3,(H,26,31)/t11?,12?,13-,14?,15?,16?,17?,18?,19?/m1/s1. The highest BCUT2D eigenvalue weighted by Gasteiger charge is 2.51. The van der Waals surface area contributed by atoms with Gasteiger partial charge in [0.25, 0.3) is 0 Å². The van der Waals surface area contributed by atoms with Crippen molar-refractivity contribution in [2.45, 2.75) is 99.1 Å². The number of aliphatic hydroxyl groups is 1. The first-order chi connectivity index (χ1) is 16.5. The molecule has 2 heterocycles. The summed E-state index contributed by atoms with van der Waals surface area (Å²) in [6.07, 6.45) is 0.0469. The molecule has 4 rings (SSSR count). The van der Waals surface area contributed by atoms with E-state index in [1.165, 1.54) is 11.2 Å². The number of sulfonamides is 1. The Morgan fingerprint density at radius 3 is 2.63 bits per heavy atom. The van der Waals surface area contributed by atoms with E-state index < -0.39 is 75.5 Å². The van der Waals surface area contributed by atoms with Crippen molar-refractivity contribution >= 4 is 27.5 Å². The van der Waals surface area contributed by atoms with Gasteiger partial charge in [-0.15, -0.1) is 11.6 Å². The van der Waals surface area contributed by atoms with Crippen molar-refractivity contribution in [2.75, 3.05) is 19.7 Å². The fourth-order valence-electron chi connectivity index (χ4n) is 5.86. The highest BCUT2D eigenvalue weighted by atomic mass is 35.5. The van der Waals surface area contributed by atoms with Gasteiger partial charge in [-0.25, -0.2) is 18.2 Å². The number of carbonyl (C=O) groups is 1. The SMILES string of the molecule is CC1NN(C(F)F)CC1S(=O)(=O)N1C[C@H](CO)OC2CCC(NC(=O)C3C(F)CCCC3Cl)CC21. The van der Waals surface area contributed by atoms with E-state index in [2.05, 4.69) is 10.7 Å². The molecule has 0 radical (unpaired) electrons. The Morgan fingerprint density at radius 1 is 1.26 bits per heavy atom. The van der Waals surface area contributed by atoms with Crippen molar-refractivity contribution in [3.63, 3.8) is 0 Å². The van der Waals surface area contributed by atoms with Gasteiger partial charge in [-0.1, -0.05) is 0 Å². The molecule has 35 heavy (non-hydrogen) atoms. The third-order valence-electron chi connectivity index (χ3n) is 7.72. The molecule has 3 N–H and O–H groups in total. The van der Waals surface area contributed by atoms with Crippen LogP contribution in [0, 0.1) is 5.92 Å². The van der Waals surface area contributed by atoms with Crippen LogP contribution in [0.2, 0.25) is 0 Å². The largest absolute Gasteiger partial charge is 0.394 e. The summed E-state index contributed by atoms with van der Waals surface area (Å²) >= 11 is 6.24. The number of morpholine rings is 1. The quantitative estimate of drug-likeness (QED) is 0.336. The second-order valence-electron chi connectivity index (χ2n) is 10.1. The fourth-order valence-corrected chi connectivity index (χ4v) is 8.54. The monoisotopic (exact) mass is 546 g/mol. The van der Waals surface area contributed by atoms with Crippen LogP contribution < -0.4 is 10.7 Å². The summed E-state index contributed by atoms with van der Waals surface area (Å²) in [5.41, 5.74) is 2.52. The number of nitrogens with one attached hydrogen (secondary N) is 2. The lowest BCUT2D eigenvalue weighted by molar-refractivity contribution is -0.135. The maximum atomic E-state index is 14.4. The number of aliphatic hydroxyl groups excluding tert-OH is 1. The summed E-state index contributed by atoms with van der Waals surface area (Å²) in [5, 5.41) is 11.5. The lowest BCUT2D eigenvalue weighted by atomic mass is 9.84. The third-order valence-corrected chi connectivity index (χ3v) is 10.6. The lowest BCUT2D eigenvalue weighted by Crippen LogP contribution is -2.63. The zero-order valence-electron chi connectivity index (χ0n) is 19.5. The molecule has 8 unspecified atom stereocenters. The van der Waals surface area contributed by atoms with Crippen LogP contribution in [0.15, 0.2) is 0 Å². The predicted octanol–water partition coefficient (Wildman–Crippen LogP) is 0.961. The molecule has 0 bridgehead atoms. The van der Waals surface area contributed by atoms with E-state index in [9.17, 15) is 31.5 Å². The zero-order chi connectivity index (χ0) is 25.5. The Balaban J connectivity index is 1.50. The average molecular weight is 547 g/mol. The normalized spacial score (nSPS) is 41.6. The van der Waals surface area contributed by atoms with Gasteiger partial charge in [0.1, 0.15) is 11.4 Å². The van der Waals surface area contributed by atoms with Crippen LogP contribution in [0.4, 0.5) is 13.2 Å². The summed E-state index contributed by atoms with van der Waals surface area (Å²) < 4.78 is 75.4. The second-order valence-corrected chi connectivity index (χ2v) is 12.7. The predicted molar refractivity (Wildman–Crippen MR) is 122 cm³/mol. The molecule has 0 aromatic rings. The van der Waals surface area contributed by atoms with Gasteiger partial charge in [-0.2, -0.15) is 18.1 Å². The van der Waals surface area contributed by atoms with Crippen LogP contribution in [-0.2, 0) is 19.6 Å². The number of hydrogen-bond acceptors (Lipinski definition) is 7. The second kappa shape index (κ2) is 11.0. The minimum absolute atomic E-state index is 0.114. The van der Waals surface area contributed by atoms with Crippen LogP contribution >= 0.6 is 11.6 Å². The molecule has 2 aliphatic heterocycles. The first-order valence-corrected chi connectivity index (χ1v) is 14.1. The summed E-state index contributed by atoms with van der Waals surface area (Å²) in [6.45, 7) is -2.18. The number of halogens is 4. The van der Waals surface area contributed by atoms with Gasteiger partial charge in [0, 0.05) is 30.6 Å². The molecular formula is C21H34ClF3N4O5S. The molecule has 2 saturated carbocycles. The highest BCUT2D eigenvalue weighted by molar-refractivity contribution is 7.89. The number of rotatable bonds is 6. The molecule has 2 saturated heterocycles. The van der Waals surface area contributed by atoms with Crippen molar-refractivity contribution in [2.24, 2.45) is 5.92 Å². The summed E-state index contributed by atoms with van der Waals surface area (Å²) in [7, 11) is -4.07. The van der Waals surface area contributed by atoms with E-state index in [4.69, 9.17) is 16.3 Å². The van der Waals surface area contributed by atoms with Gasteiger partial charge in [0.15, 0.2) is 0 Å². The van der Waals surface area contributed by atoms with E-state index in [0.717, 1.165) is 0 Å². The van der Waals surface area contributed by atoms with Crippen LogP contribution in [0.5, 0.6) is 0 Å². The molecule has 202 valence electrons. The minimum Gasteiger partial charge on any atom is -0.394 e. The molecule has 0 aromatic carbocycles. The van der Waals surface area contributed by atoms with Crippen molar-refractivity contribution in [3.8, 4) is 0 Å². The average Bonchev–Trinajstić information content (AvgIpc) is 3.21. The number of amides is 1. The molecule has 9 atom stereocenters. The maximum absolute atomic E-state index is 14.4. The fraction of sp³-hybridized carbons (Fsp3) is 0.952. The zero-order valence-corrected chi connectivity index (χ0v) is 21.1. The van der Waals surface area contributed by atoms with Gasteiger partial charge < -0.3 is 15.2 Å². The van der Waals surface area contributed by atoms with Crippen molar-refractivity contribution in [3.05, 3.63) is 0 Å². The van der Waals surface area contributed by atoms with Gasteiger partial charge in [-0.3, -0.25) is 4.79 Å². The molecular weight excluding hydrogens is 513 g/mol. The Morgan fingerprint density at radius 2 is 2.00 bits per heavy atom. The molecule has 2 aliphatic carbocycles. The van der Waals surface area contributed by atoms with Crippen molar-refractivity contribution in [1.29, 1.82) is 0 Å². The number of alkyl halides is 4. The van der Waals surface area contributed by atoms with E-state index in [1.807, 2.05) is 0 Å². The summed E-state index contributed by atoms with van der Waals surface area (Å²) in [4.78, 5) is 12.9. The minimum atomic E-state index is -4.07. The first kappa shape index (κ1) is 27.3. The van der Waals surface area contributed by atoms with E-state index >= 15 is 0 Å². The third kappa shape index (κ3) is 5.60. The van der Waals surface area contributed by atoms with Crippen LogP contribution in [0.3, 0.4) is 0 Å². The smallest absolute Gasteiger partial charge is 0.306 e. The Hall–Kier alpha value is -0.700. The molecule has 14 heteroatoms. The lowest BCUT2D eigenvalue weighted by Gasteiger charge is -2.48. The highest BCUT2D eigenvalue weighted by Crippen LogP contribution is 2.36. The first-order valence-electron chi connectivity index (χ1n) is 12.2. The molecule has 4 aliphatic rings. The number of ether oxygens (including phenoxy) is 1. The summed E-state index contributed by atoms with van der Waals surface area (Å²) in [6, 6.07) is -1.80. The van der Waals surface area contributed by atoms with Crippen molar-refractivity contribution < 1.29 is 36.2 Å². The number of fused-ring (bicyclic) bond motifs is 1. The van der Waals surface area contributed by atoms with Gasteiger partial charge in [0.2, 0.25) is 15.9 Å². The number of hydrogen-bond donors (Lipinski definition) is 3. The van der Waals surface area contributed by atoms with Crippen LogP contribution in [-0.4, -0.2) is 102 Å².